The van der Waals surface area contributed by atoms with Gasteiger partial charge < -0.3 is 15.0 Å². The van der Waals surface area contributed by atoms with Gasteiger partial charge in [-0.2, -0.15) is 0 Å². The van der Waals surface area contributed by atoms with E-state index >= 15 is 0 Å². The van der Waals surface area contributed by atoms with Crippen LogP contribution in [0.4, 0.5) is 0 Å². The molecule has 0 aliphatic carbocycles. The predicted molar refractivity (Wildman–Crippen MR) is 109 cm³/mol. The number of fused-ring (bicyclic) bond motifs is 1. The number of pyridine rings is 1. The maximum absolute atomic E-state index is 12.7. The van der Waals surface area contributed by atoms with E-state index in [0.29, 0.717) is 17.5 Å². The Balaban J connectivity index is 1.72. The van der Waals surface area contributed by atoms with Crippen LogP contribution in [0.25, 0.3) is 11.0 Å². The first-order valence-corrected chi connectivity index (χ1v) is 10.4. The van der Waals surface area contributed by atoms with Crippen LogP contribution in [-0.4, -0.2) is 61.3 Å². The lowest BCUT2D eigenvalue weighted by Gasteiger charge is -2.27. The molecule has 3 rings (SSSR count). The van der Waals surface area contributed by atoms with Gasteiger partial charge in [0.2, 0.25) is 11.8 Å². The summed E-state index contributed by atoms with van der Waals surface area (Å²) in [7, 11) is 1.80. The van der Waals surface area contributed by atoms with Crippen LogP contribution in [0.3, 0.4) is 0 Å². The topological polar surface area (TPSA) is 89.4 Å². The van der Waals surface area contributed by atoms with Crippen molar-refractivity contribution in [1.82, 2.24) is 25.0 Å². The molecule has 3 heterocycles. The zero-order chi connectivity index (χ0) is 20.6. The fraction of sp³-hybridized carbons (Fsp3) is 0.579. The van der Waals surface area contributed by atoms with E-state index in [1.807, 2.05) is 40.7 Å². The van der Waals surface area contributed by atoms with Crippen LogP contribution in [0, 0.1) is 13.8 Å². The minimum atomic E-state index is -0.480. The summed E-state index contributed by atoms with van der Waals surface area (Å²) in [5.74, 6) is 1.09. The molecule has 1 unspecified atom stereocenters. The Hall–Kier alpha value is -2.29. The van der Waals surface area contributed by atoms with Crippen LogP contribution in [-0.2, 0) is 16.6 Å². The molecule has 1 saturated heterocycles. The smallest absolute Gasteiger partial charge is 0.261 e. The Morgan fingerprint density at radius 3 is 2.75 bits per heavy atom. The molecular formula is C19H27N5O3S. The number of carbonyl (C=O) groups excluding carboxylic acids is 2. The predicted octanol–water partition coefficient (Wildman–Crippen LogP) is 1.78. The number of amides is 2. The van der Waals surface area contributed by atoms with Crippen molar-refractivity contribution in [2.75, 3.05) is 18.2 Å². The molecule has 1 atom stereocenters. The molecular weight excluding hydrogens is 378 g/mol. The third-order valence-corrected chi connectivity index (χ3v) is 5.43. The summed E-state index contributed by atoms with van der Waals surface area (Å²) >= 11 is 1.56. The molecule has 0 saturated carbocycles. The third kappa shape index (κ3) is 4.24. The summed E-state index contributed by atoms with van der Waals surface area (Å²) in [6, 6.07) is 1.48. The van der Waals surface area contributed by atoms with Gasteiger partial charge in [0, 0.05) is 24.0 Å². The van der Waals surface area contributed by atoms with Gasteiger partial charge in [0.05, 0.1) is 11.3 Å². The van der Waals surface area contributed by atoms with Crippen LogP contribution in [0.15, 0.2) is 6.07 Å². The molecule has 0 radical (unpaired) electrons. The number of hydrogen-bond acceptors (Lipinski definition) is 6. The zero-order valence-corrected chi connectivity index (χ0v) is 18.0. The van der Waals surface area contributed by atoms with E-state index in [-0.39, 0.29) is 24.0 Å². The zero-order valence-electron chi connectivity index (χ0n) is 17.2. The maximum Gasteiger partial charge on any atom is 0.261 e. The minimum absolute atomic E-state index is 0.135. The molecule has 0 spiro atoms. The van der Waals surface area contributed by atoms with E-state index in [1.165, 1.54) is 0 Å². The second-order valence-corrected chi connectivity index (χ2v) is 9.11. The lowest BCUT2D eigenvalue weighted by molar-refractivity contribution is -0.140. The highest BCUT2D eigenvalue weighted by atomic mass is 32.2. The standard InChI is InChI=1S/C19H27N5O3S/c1-11-7-12(2)20-16-15(11)18(22-23(16)6)27-8-14(25)24-10-28-9-13(24)17(26)21-19(3,4)5/h7,13H,8-10H2,1-6H3,(H,21,26). The van der Waals surface area contributed by atoms with E-state index in [4.69, 9.17) is 4.74 Å². The number of ether oxygens (including phenoxy) is 1. The Kier molecular flexibility index (Phi) is 5.56. The second kappa shape index (κ2) is 7.62. The number of rotatable bonds is 4. The normalized spacial score (nSPS) is 17.2. The van der Waals surface area contributed by atoms with Crippen molar-refractivity contribution >= 4 is 34.6 Å². The van der Waals surface area contributed by atoms with E-state index in [0.717, 1.165) is 22.3 Å². The largest absolute Gasteiger partial charge is 0.466 e. The van der Waals surface area contributed by atoms with Gasteiger partial charge in [-0.3, -0.25) is 9.59 Å². The maximum atomic E-state index is 12.7. The first-order valence-electron chi connectivity index (χ1n) is 9.20. The van der Waals surface area contributed by atoms with Crippen molar-refractivity contribution in [3.63, 3.8) is 0 Å². The monoisotopic (exact) mass is 405 g/mol. The minimum Gasteiger partial charge on any atom is -0.466 e. The number of nitrogens with one attached hydrogen (secondary N) is 1. The lowest BCUT2D eigenvalue weighted by Crippen LogP contribution is -2.53. The third-order valence-electron chi connectivity index (χ3n) is 4.42. The average molecular weight is 406 g/mol. The summed E-state index contributed by atoms with van der Waals surface area (Å²) < 4.78 is 7.41. The SMILES string of the molecule is Cc1cc(C)c2c(OCC(=O)N3CSCC3C(=O)NC(C)(C)C)nn(C)c2n1. The molecule has 0 aromatic carbocycles. The molecule has 1 aliphatic heterocycles. The lowest BCUT2D eigenvalue weighted by atomic mass is 10.1. The second-order valence-electron chi connectivity index (χ2n) is 8.12. The summed E-state index contributed by atoms with van der Waals surface area (Å²) in [4.78, 5) is 31.3. The van der Waals surface area contributed by atoms with E-state index in [1.54, 1.807) is 28.4 Å². The van der Waals surface area contributed by atoms with Crippen LogP contribution >= 0.6 is 11.8 Å². The molecule has 1 aliphatic rings. The van der Waals surface area contributed by atoms with Crippen LogP contribution < -0.4 is 10.1 Å². The molecule has 8 nitrogen and oxygen atoms in total. The molecule has 2 aromatic rings. The number of aryl methyl sites for hydroxylation is 3. The summed E-state index contributed by atoms with van der Waals surface area (Å²) in [5, 5.41) is 8.12. The highest BCUT2D eigenvalue weighted by Crippen LogP contribution is 2.27. The van der Waals surface area contributed by atoms with Gasteiger partial charge in [-0.25, -0.2) is 9.67 Å². The fourth-order valence-electron chi connectivity index (χ4n) is 3.22. The molecule has 152 valence electrons. The first-order chi connectivity index (χ1) is 13.1. The molecule has 2 amide bonds. The molecule has 1 fully saturated rings. The van der Waals surface area contributed by atoms with Gasteiger partial charge in [-0.15, -0.1) is 16.9 Å². The van der Waals surface area contributed by atoms with Gasteiger partial charge in [0.25, 0.3) is 5.91 Å². The number of hydrogen-bond donors (Lipinski definition) is 1. The van der Waals surface area contributed by atoms with E-state index in [2.05, 4.69) is 15.4 Å². The quantitative estimate of drug-likeness (QED) is 0.834. The van der Waals surface area contributed by atoms with Crippen molar-refractivity contribution in [3.05, 3.63) is 17.3 Å². The molecule has 2 aromatic heterocycles. The molecule has 9 heteroatoms. The Bertz CT molecular complexity index is 918. The summed E-state index contributed by atoms with van der Waals surface area (Å²) in [5.41, 5.74) is 2.28. The molecule has 1 N–H and O–H groups in total. The number of nitrogens with zero attached hydrogens (tertiary/aromatic N) is 4. The van der Waals surface area contributed by atoms with Crippen LogP contribution in [0.1, 0.15) is 32.0 Å². The van der Waals surface area contributed by atoms with E-state index in [9.17, 15) is 9.59 Å². The summed E-state index contributed by atoms with van der Waals surface area (Å²) in [6.45, 7) is 9.50. The first kappa shape index (κ1) is 20.4. The Labute approximate surface area is 169 Å². The fourth-order valence-corrected chi connectivity index (χ4v) is 4.40. The number of aromatic nitrogens is 3. The van der Waals surface area contributed by atoms with Crippen molar-refractivity contribution in [2.24, 2.45) is 7.05 Å². The van der Waals surface area contributed by atoms with Gasteiger partial charge >= 0.3 is 0 Å². The molecule has 0 bridgehead atoms. The van der Waals surface area contributed by atoms with Gasteiger partial charge in [0.1, 0.15) is 6.04 Å². The number of thioether (sulfide) groups is 1. The van der Waals surface area contributed by atoms with Crippen LogP contribution in [0.2, 0.25) is 0 Å². The van der Waals surface area contributed by atoms with Gasteiger partial charge in [0.15, 0.2) is 12.3 Å². The van der Waals surface area contributed by atoms with Crippen molar-refractivity contribution in [1.29, 1.82) is 0 Å². The highest BCUT2D eigenvalue weighted by Gasteiger charge is 2.36. The Morgan fingerprint density at radius 1 is 1.36 bits per heavy atom. The average Bonchev–Trinajstić information content (AvgIpc) is 3.16. The molecule has 28 heavy (non-hydrogen) atoms. The highest BCUT2D eigenvalue weighted by molar-refractivity contribution is 7.99. The van der Waals surface area contributed by atoms with E-state index < -0.39 is 6.04 Å². The summed E-state index contributed by atoms with van der Waals surface area (Å²) in [6.07, 6.45) is 0. The Morgan fingerprint density at radius 2 is 2.07 bits per heavy atom. The van der Waals surface area contributed by atoms with Gasteiger partial charge in [-0.05, 0) is 46.2 Å². The van der Waals surface area contributed by atoms with Crippen molar-refractivity contribution in [3.8, 4) is 5.88 Å². The van der Waals surface area contributed by atoms with Crippen molar-refractivity contribution < 1.29 is 14.3 Å². The van der Waals surface area contributed by atoms with Crippen LogP contribution in [0.5, 0.6) is 5.88 Å². The van der Waals surface area contributed by atoms with Gasteiger partial charge in [-0.1, -0.05) is 0 Å². The number of carbonyl (C=O) groups is 2. The van der Waals surface area contributed by atoms with Crippen molar-refractivity contribution in [2.45, 2.75) is 46.2 Å².